The van der Waals surface area contributed by atoms with Crippen molar-refractivity contribution in [1.29, 1.82) is 0 Å². The first kappa shape index (κ1) is 15.9. The summed E-state index contributed by atoms with van der Waals surface area (Å²) in [5.74, 6) is -0.180. The van der Waals surface area contributed by atoms with E-state index in [-0.39, 0.29) is 5.91 Å². The zero-order valence-electron chi connectivity index (χ0n) is 13.4. The minimum Gasteiger partial charge on any atom is -0.338 e. The van der Waals surface area contributed by atoms with Gasteiger partial charge < -0.3 is 9.88 Å². The van der Waals surface area contributed by atoms with Crippen LogP contribution in [0.3, 0.4) is 0 Å². The molecule has 0 bridgehead atoms. The first-order valence-corrected chi connectivity index (χ1v) is 7.51. The number of hydrogen-bond donors (Lipinski definition) is 1. The highest BCUT2D eigenvalue weighted by molar-refractivity contribution is 5.94. The van der Waals surface area contributed by atoms with Crippen LogP contribution in [0.1, 0.15) is 33.5 Å². The van der Waals surface area contributed by atoms with Crippen molar-refractivity contribution in [2.45, 2.75) is 13.0 Å². The molecule has 24 heavy (non-hydrogen) atoms. The number of nitrogens with one attached hydrogen (secondary N) is 1. The number of imidazole rings is 1. The second-order valence-electron chi connectivity index (χ2n) is 5.51. The number of carbonyl (C=O) groups excluding carboxylic acids is 1. The van der Waals surface area contributed by atoms with Gasteiger partial charge in [-0.05, 0) is 25.1 Å². The fraction of sp³-hybridized carbons (Fsp3) is 0.167. The smallest absolute Gasteiger partial charge is 0.253 e. The van der Waals surface area contributed by atoms with Gasteiger partial charge in [0, 0.05) is 36.9 Å². The van der Waals surface area contributed by atoms with Crippen LogP contribution >= 0.6 is 0 Å². The molecule has 2 aromatic heterocycles. The molecule has 6 heteroatoms. The van der Waals surface area contributed by atoms with Crippen LogP contribution in [-0.4, -0.2) is 20.4 Å². The number of nitrogens with zero attached hydrogens (tertiary/aromatic N) is 3. The van der Waals surface area contributed by atoms with Crippen molar-refractivity contribution in [1.82, 2.24) is 19.9 Å². The van der Waals surface area contributed by atoms with Crippen molar-refractivity contribution >= 4 is 5.91 Å². The average Bonchev–Trinajstić information content (AvgIpc) is 3.00. The maximum absolute atomic E-state index is 14.3. The Morgan fingerprint density at radius 3 is 2.62 bits per heavy atom. The highest BCUT2D eigenvalue weighted by Gasteiger charge is 2.24. The molecule has 0 radical (unpaired) electrons. The van der Waals surface area contributed by atoms with E-state index in [0.29, 0.717) is 17.0 Å². The van der Waals surface area contributed by atoms with Gasteiger partial charge in [0.15, 0.2) is 0 Å². The zero-order chi connectivity index (χ0) is 17.1. The Labute approximate surface area is 139 Å². The maximum atomic E-state index is 14.3. The fourth-order valence-corrected chi connectivity index (χ4v) is 2.46. The summed E-state index contributed by atoms with van der Waals surface area (Å²) in [5.41, 5.74) is 1.60. The number of rotatable bonds is 4. The number of benzene rings is 1. The molecule has 122 valence electrons. The van der Waals surface area contributed by atoms with E-state index in [1.54, 1.807) is 54.3 Å². The van der Waals surface area contributed by atoms with Gasteiger partial charge in [-0.3, -0.25) is 9.78 Å². The largest absolute Gasteiger partial charge is 0.338 e. The Morgan fingerprint density at radius 2 is 2.00 bits per heavy atom. The molecular formula is C18H17FN4O. The summed E-state index contributed by atoms with van der Waals surface area (Å²) in [7, 11) is 1.80. The van der Waals surface area contributed by atoms with Gasteiger partial charge in [-0.15, -0.1) is 0 Å². The van der Waals surface area contributed by atoms with Crippen molar-refractivity contribution in [2.75, 3.05) is 0 Å². The molecule has 0 saturated carbocycles. The zero-order valence-corrected chi connectivity index (χ0v) is 13.4. The lowest BCUT2D eigenvalue weighted by Crippen LogP contribution is -2.31. The van der Waals surface area contributed by atoms with Crippen LogP contribution in [0.4, 0.5) is 4.39 Å². The predicted molar refractivity (Wildman–Crippen MR) is 87.9 cm³/mol. The number of halogens is 1. The molecular weight excluding hydrogens is 307 g/mol. The molecule has 0 unspecified atom stereocenters. The van der Waals surface area contributed by atoms with Crippen LogP contribution in [0.2, 0.25) is 0 Å². The highest BCUT2D eigenvalue weighted by Crippen LogP contribution is 2.23. The lowest BCUT2D eigenvalue weighted by molar-refractivity contribution is 0.0940. The van der Waals surface area contributed by atoms with E-state index in [2.05, 4.69) is 15.3 Å². The van der Waals surface area contributed by atoms with Gasteiger partial charge in [0.2, 0.25) is 0 Å². The van der Waals surface area contributed by atoms with Crippen molar-refractivity contribution in [3.8, 4) is 0 Å². The molecule has 0 aliphatic rings. The molecule has 0 spiro atoms. The Hall–Kier alpha value is -3.02. The van der Waals surface area contributed by atoms with Gasteiger partial charge >= 0.3 is 0 Å². The van der Waals surface area contributed by atoms with Crippen LogP contribution in [-0.2, 0) is 7.05 Å². The van der Waals surface area contributed by atoms with Crippen LogP contribution in [0.25, 0.3) is 0 Å². The summed E-state index contributed by atoms with van der Waals surface area (Å²) in [6.45, 7) is 1.84. The number of aryl methyl sites for hydroxylation is 2. The van der Waals surface area contributed by atoms with Gasteiger partial charge in [-0.1, -0.05) is 18.2 Å². The molecule has 2 heterocycles. The third kappa shape index (κ3) is 3.17. The van der Waals surface area contributed by atoms with Crippen LogP contribution in [0.5, 0.6) is 0 Å². The molecule has 3 aromatic rings. The number of carbonyl (C=O) groups is 1. The standard InChI is InChI=1S/C18H17FN4O/c1-12-7-8-13(11-21-12)18(24)22-16(17-20-9-10-23(17)2)14-5-3-4-6-15(14)19/h3-11,16H,1-2H3,(H,22,24)/t16-/m0/s1. The molecule has 5 nitrogen and oxygen atoms in total. The second kappa shape index (κ2) is 6.62. The number of amides is 1. The van der Waals surface area contributed by atoms with Gasteiger partial charge in [0.05, 0.1) is 5.56 Å². The van der Waals surface area contributed by atoms with Crippen LogP contribution < -0.4 is 5.32 Å². The average molecular weight is 324 g/mol. The molecule has 1 aromatic carbocycles. The van der Waals surface area contributed by atoms with Crippen LogP contribution in [0, 0.1) is 12.7 Å². The summed E-state index contributed by atoms with van der Waals surface area (Å²) in [6, 6.07) is 9.10. The fourth-order valence-electron chi connectivity index (χ4n) is 2.46. The number of hydrogen-bond acceptors (Lipinski definition) is 3. The molecule has 0 aliphatic heterocycles. The maximum Gasteiger partial charge on any atom is 0.253 e. The monoisotopic (exact) mass is 324 g/mol. The van der Waals surface area contributed by atoms with Crippen molar-refractivity contribution < 1.29 is 9.18 Å². The molecule has 3 rings (SSSR count). The van der Waals surface area contributed by atoms with Gasteiger partial charge in [0.25, 0.3) is 5.91 Å². The lowest BCUT2D eigenvalue weighted by atomic mass is 10.0. The summed E-state index contributed by atoms with van der Waals surface area (Å²) < 4.78 is 16.0. The lowest BCUT2D eigenvalue weighted by Gasteiger charge is -2.19. The SMILES string of the molecule is Cc1ccc(C(=O)N[C@@H](c2ccccc2F)c2nccn2C)cn1. The summed E-state index contributed by atoms with van der Waals surface area (Å²) in [5, 5.41) is 2.85. The Kier molecular flexibility index (Phi) is 4.37. The Morgan fingerprint density at radius 1 is 1.21 bits per heavy atom. The van der Waals surface area contributed by atoms with E-state index >= 15 is 0 Å². The Balaban J connectivity index is 1.97. The second-order valence-corrected chi connectivity index (χ2v) is 5.51. The van der Waals surface area contributed by atoms with Gasteiger partial charge in [-0.2, -0.15) is 0 Å². The van der Waals surface area contributed by atoms with E-state index in [9.17, 15) is 9.18 Å². The molecule has 1 amide bonds. The normalized spacial score (nSPS) is 12.0. The predicted octanol–water partition coefficient (Wildman–Crippen LogP) is 2.78. The third-order valence-electron chi connectivity index (χ3n) is 3.78. The quantitative estimate of drug-likeness (QED) is 0.803. The number of pyridine rings is 1. The first-order valence-electron chi connectivity index (χ1n) is 7.51. The molecule has 0 fully saturated rings. The summed E-state index contributed by atoms with van der Waals surface area (Å²) in [6.07, 6.45) is 4.87. The van der Waals surface area contributed by atoms with Crippen molar-refractivity contribution in [3.05, 3.63) is 83.5 Å². The Bertz CT molecular complexity index is 857. The minimum absolute atomic E-state index is 0.334. The summed E-state index contributed by atoms with van der Waals surface area (Å²) in [4.78, 5) is 20.9. The van der Waals surface area contributed by atoms with Crippen LogP contribution in [0.15, 0.2) is 55.0 Å². The first-order chi connectivity index (χ1) is 11.6. The van der Waals surface area contributed by atoms with Gasteiger partial charge in [-0.25, -0.2) is 9.37 Å². The summed E-state index contributed by atoms with van der Waals surface area (Å²) >= 11 is 0. The van der Waals surface area contributed by atoms with E-state index in [4.69, 9.17) is 0 Å². The van der Waals surface area contributed by atoms with E-state index in [1.165, 1.54) is 12.3 Å². The third-order valence-corrected chi connectivity index (χ3v) is 3.78. The molecule has 0 saturated heterocycles. The molecule has 0 aliphatic carbocycles. The van der Waals surface area contributed by atoms with Crippen molar-refractivity contribution in [3.63, 3.8) is 0 Å². The van der Waals surface area contributed by atoms with Crippen molar-refractivity contribution in [2.24, 2.45) is 7.05 Å². The molecule has 1 atom stereocenters. The van der Waals surface area contributed by atoms with E-state index in [0.717, 1.165) is 5.69 Å². The van der Waals surface area contributed by atoms with E-state index < -0.39 is 11.9 Å². The molecule has 1 N–H and O–H groups in total. The topological polar surface area (TPSA) is 59.8 Å². The van der Waals surface area contributed by atoms with E-state index in [1.807, 2.05) is 6.92 Å². The highest BCUT2D eigenvalue weighted by atomic mass is 19.1. The minimum atomic E-state index is -0.694. The van der Waals surface area contributed by atoms with Gasteiger partial charge in [0.1, 0.15) is 17.7 Å². The number of aromatic nitrogens is 3.